The Hall–Kier alpha value is -0.650. The highest BCUT2D eigenvalue weighted by Gasteiger charge is 2.27. The summed E-state index contributed by atoms with van der Waals surface area (Å²) in [4.78, 5) is 13.8. The van der Waals surface area contributed by atoms with Crippen LogP contribution < -0.4 is 5.32 Å². The number of ether oxygens (including phenoxy) is 2. The van der Waals surface area contributed by atoms with Crippen molar-refractivity contribution in [1.82, 2.24) is 10.2 Å². The first-order chi connectivity index (χ1) is 8.27. The molecule has 98 valence electrons. The third kappa shape index (κ3) is 3.66. The van der Waals surface area contributed by atoms with Crippen molar-refractivity contribution in [2.45, 2.75) is 31.4 Å². The van der Waals surface area contributed by atoms with Crippen LogP contribution in [0.4, 0.5) is 0 Å². The summed E-state index contributed by atoms with van der Waals surface area (Å²) in [6.45, 7) is 3.33. The minimum Gasteiger partial charge on any atom is -0.376 e. The van der Waals surface area contributed by atoms with E-state index >= 15 is 0 Å². The molecule has 2 atom stereocenters. The Morgan fingerprint density at radius 3 is 2.94 bits per heavy atom. The summed E-state index contributed by atoms with van der Waals surface area (Å²) in [6, 6.07) is 0.433. The molecule has 0 aliphatic carbocycles. The van der Waals surface area contributed by atoms with Crippen LogP contribution in [0.3, 0.4) is 0 Å². The molecule has 1 amide bonds. The van der Waals surface area contributed by atoms with Gasteiger partial charge in [-0.2, -0.15) is 0 Å². The summed E-state index contributed by atoms with van der Waals surface area (Å²) < 4.78 is 10.7. The molecule has 2 aliphatic rings. The molecule has 2 rings (SSSR count). The van der Waals surface area contributed by atoms with Crippen LogP contribution in [-0.4, -0.2) is 62.9 Å². The lowest BCUT2D eigenvalue weighted by Gasteiger charge is -2.31. The number of carbonyl (C=O) groups is 1. The van der Waals surface area contributed by atoms with Crippen LogP contribution in [0.25, 0.3) is 0 Å². The van der Waals surface area contributed by atoms with Gasteiger partial charge in [-0.05, 0) is 19.4 Å². The van der Waals surface area contributed by atoms with Gasteiger partial charge in [-0.3, -0.25) is 4.79 Å². The molecule has 0 radical (unpaired) electrons. The Labute approximate surface area is 102 Å². The Morgan fingerprint density at radius 2 is 2.29 bits per heavy atom. The molecule has 2 aliphatic heterocycles. The van der Waals surface area contributed by atoms with Crippen molar-refractivity contribution < 1.29 is 14.3 Å². The van der Waals surface area contributed by atoms with E-state index in [1.807, 2.05) is 7.05 Å². The van der Waals surface area contributed by atoms with Crippen LogP contribution in [-0.2, 0) is 14.3 Å². The molecule has 0 saturated carbocycles. The number of hydrogen-bond acceptors (Lipinski definition) is 4. The Morgan fingerprint density at radius 1 is 1.41 bits per heavy atom. The van der Waals surface area contributed by atoms with Gasteiger partial charge in [0.25, 0.3) is 5.91 Å². The highest BCUT2D eigenvalue weighted by Crippen LogP contribution is 2.10. The lowest BCUT2D eigenvalue weighted by Crippen LogP contribution is -2.49. The first-order valence-corrected chi connectivity index (χ1v) is 6.45. The number of piperidine rings is 1. The quantitative estimate of drug-likeness (QED) is 0.757. The van der Waals surface area contributed by atoms with Crippen LogP contribution in [0, 0.1) is 0 Å². The van der Waals surface area contributed by atoms with Crippen molar-refractivity contribution in [3.05, 3.63) is 0 Å². The van der Waals surface area contributed by atoms with Gasteiger partial charge >= 0.3 is 0 Å². The van der Waals surface area contributed by atoms with E-state index in [1.54, 1.807) is 4.90 Å². The largest absolute Gasteiger partial charge is 0.376 e. The highest BCUT2D eigenvalue weighted by atomic mass is 16.6. The fourth-order valence-electron chi connectivity index (χ4n) is 2.38. The number of amides is 1. The molecule has 2 heterocycles. The molecule has 0 aromatic heterocycles. The molecule has 0 bridgehead atoms. The normalized spacial score (nSPS) is 29.9. The van der Waals surface area contributed by atoms with Gasteiger partial charge in [-0.25, -0.2) is 0 Å². The van der Waals surface area contributed by atoms with Crippen molar-refractivity contribution in [2.75, 3.05) is 40.0 Å². The molecule has 17 heavy (non-hydrogen) atoms. The molecule has 2 unspecified atom stereocenters. The second kappa shape index (κ2) is 6.33. The maximum atomic E-state index is 12.1. The van der Waals surface area contributed by atoms with Crippen molar-refractivity contribution in [2.24, 2.45) is 0 Å². The molecule has 5 heteroatoms. The first-order valence-electron chi connectivity index (χ1n) is 6.45. The number of rotatable bonds is 3. The Bertz CT molecular complexity index is 248. The number of nitrogens with one attached hydrogen (secondary N) is 1. The van der Waals surface area contributed by atoms with E-state index in [4.69, 9.17) is 9.47 Å². The van der Waals surface area contributed by atoms with E-state index in [9.17, 15) is 4.79 Å². The standard InChI is InChI=1S/C12H22N2O3/c1-14(8-10-4-2-3-5-13-10)12(15)11-9-16-6-7-17-11/h10-11,13H,2-9H2,1H3. The first kappa shape index (κ1) is 12.8. The lowest BCUT2D eigenvalue weighted by atomic mass is 10.0. The fraction of sp³-hybridized carbons (Fsp3) is 0.917. The number of hydrogen-bond donors (Lipinski definition) is 1. The van der Waals surface area contributed by atoms with Gasteiger partial charge in [0, 0.05) is 19.6 Å². The zero-order valence-electron chi connectivity index (χ0n) is 10.5. The van der Waals surface area contributed by atoms with Gasteiger partial charge < -0.3 is 19.7 Å². The predicted octanol–water partition coefficient (Wildman–Crippen LogP) is 0.00230. The van der Waals surface area contributed by atoms with Crippen LogP contribution in [0.15, 0.2) is 0 Å². The van der Waals surface area contributed by atoms with E-state index in [1.165, 1.54) is 12.8 Å². The van der Waals surface area contributed by atoms with Gasteiger partial charge in [-0.1, -0.05) is 6.42 Å². The van der Waals surface area contributed by atoms with Crippen LogP contribution in [0.2, 0.25) is 0 Å². The minimum atomic E-state index is -0.405. The minimum absolute atomic E-state index is 0.0390. The summed E-state index contributed by atoms with van der Waals surface area (Å²) in [5.74, 6) is 0.0390. The summed E-state index contributed by atoms with van der Waals surface area (Å²) in [7, 11) is 1.84. The van der Waals surface area contributed by atoms with Gasteiger partial charge in [0.15, 0.2) is 6.10 Å². The second-order valence-corrected chi connectivity index (χ2v) is 4.80. The van der Waals surface area contributed by atoms with Gasteiger partial charge in [0.05, 0.1) is 19.8 Å². The van der Waals surface area contributed by atoms with Crippen LogP contribution in [0.5, 0.6) is 0 Å². The van der Waals surface area contributed by atoms with E-state index in [0.29, 0.717) is 25.9 Å². The Kier molecular flexibility index (Phi) is 4.76. The summed E-state index contributed by atoms with van der Waals surface area (Å²) in [5, 5.41) is 3.44. The van der Waals surface area contributed by atoms with Crippen molar-refractivity contribution in [1.29, 1.82) is 0 Å². The number of carbonyl (C=O) groups excluding carboxylic acids is 1. The smallest absolute Gasteiger partial charge is 0.253 e. The highest BCUT2D eigenvalue weighted by molar-refractivity contribution is 5.81. The summed E-state index contributed by atoms with van der Waals surface area (Å²) >= 11 is 0. The van der Waals surface area contributed by atoms with Crippen molar-refractivity contribution >= 4 is 5.91 Å². The molecule has 0 aromatic rings. The average Bonchev–Trinajstić information content (AvgIpc) is 2.40. The van der Waals surface area contributed by atoms with Crippen molar-refractivity contribution in [3.63, 3.8) is 0 Å². The molecular formula is C12H22N2O3. The molecule has 0 spiro atoms. The van der Waals surface area contributed by atoms with Gasteiger partial charge in [-0.15, -0.1) is 0 Å². The lowest BCUT2D eigenvalue weighted by molar-refractivity contribution is -0.157. The maximum Gasteiger partial charge on any atom is 0.253 e. The van der Waals surface area contributed by atoms with E-state index in [2.05, 4.69) is 5.32 Å². The van der Waals surface area contributed by atoms with E-state index in [0.717, 1.165) is 19.5 Å². The van der Waals surface area contributed by atoms with E-state index < -0.39 is 6.10 Å². The summed E-state index contributed by atoms with van der Waals surface area (Å²) in [5.41, 5.74) is 0. The topological polar surface area (TPSA) is 50.8 Å². The monoisotopic (exact) mass is 242 g/mol. The molecule has 1 N–H and O–H groups in total. The summed E-state index contributed by atoms with van der Waals surface area (Å²) in [6.07, 6.45) is 3.24. The maximum absolute atomic E-state index is 12.1. The molecule has 5 nitrogen and oxygen atoms in total. The SMILES string of the molecule is CN(CC1CCCCN1)C(=O)C1COCCO1. The molecule has 2 fully saturated rings. The zero-order valence-corrected chi connectivity index (χ0v) is 10.5. The molecule has 2 saturated heterocycles. The van der Waals surface area contributed by atoms with Gasteiger partial charge in [0.1, 0.15) is 0 Å². The third-order valence-corrected chi connectivity index (χ3v) is 3.37. The average molecular weight is 242 g/mol. The fourth-order valence-corrected chi connectivity index (χ4v) is 2.38. The van der Waals surface area contributed by atoms with Crippen molar-refractivity contribution in [3.8, 4) is 0 Å². The molecule has 0 aromatic carbocycles. The second-order valence-electron chi connectivity index (χ2n) is 4.80. The van der Waals surface area contributed by atoms with Gasteiger partial charge in [0.2, 0.25) is 0 Å². The Balaban J connectivity index is 1.77. The van der Waals surface area contributed by atoms with E-state index in [-0.39, 0.29) is 5.91 Å². The number of likely N-dealkylation sites (N-methyl/N-ethyl adjacent to an activating group) is 1. The molecular weight excluding hydrogens is 220 g/mol. The van der Waals surface area contributed by atoms with Crippen LogP contribution in [0.1, 0.15) is 19.3 Å². The predicted molar refractivity (Wildman–Crippen MR) is 63.8 cm³/mol. The number of nitrogens with zero attached hydrogens (tertiary/aromatic N) is 1. The third-order valence-electron chi connectivity index (χ3n) is 3.37. The van der Waals surface area contributed by atoms with Crippen LogP contribution >= 0.6 is 0 Å². The zero-order chi connectivity index (χ0) is 12.1.